The van der Waals surface area contributed by atoms with E-state index < -0.39 is 5.41 Å². The summed E-state index contributed by atoms with van der Waals surface area (Å²) in [6, 6.07) is 2.02. The van der Waals surface area contributed by atoms with Gasteiger partial charge in [-0.3, -0.25) is 4.79 Å². The topological polar surface area (TPSA) is 52.9 Å². The molecule has 1 N–H and O–H groups in total. The molecule has 0 heterocycles. The Morgan fingerprint density at radius 1 is 1.47 bits per heavy atom. The van der Waals surface area contributed by atoms with Crippen molar-refractivity contribution in [3.05, 3.63) is 0 Å². The molecular weight excluding hydrogens is 212 g/mol. The van der Waals surface area contributed by atoms with Gasteiger partial charge >= 0.3 is 0 Å². The normalized spacial score (nSPS) is 25.1. The van der Waals surface area contributed by atoms with Gasteiger partial charge in [0.25, 0.3) is 0 Å². The summed E-state index contributed by atoms with van der Waals surface area (Å²) in [5.74, 6) is 1.44. The highest BCUT2D eigenvalue weighted by Gasteiger charge is 2.27. The number of amides is 1. The molecule has 3 nitrogen and oxygen atoms in total. The maximum absolute atomic E-state index is 11.7. The number of hydrogen-bond acceptors (Lipinski definition) is 2. The van der Waals surface area contributed by atoms with Crippen molar-refractivity contribution in [2.24, 2.45) is 17.3 Å². The highest BCUT2D eigenvalue weighted by molar-refractivity contribution is 5.84. The number of nitrogens with one attached hydrogen (secondary N) is 1. The molecule has 1 amide bonds. The quantitative estimate of drug-likeness (QED) is 0.816. The highest BCUT2D eigenvalue weighted by Crippen LogP contribution is 2.30. The lowest BCUT2D eigenvalue weighted by atomic mass is 9.81. The lowest BCUT2D eigenvalue weighted by Crippen LogP contribution is -2.37. The molecule has 0 aromatic rings. The second-order valence-corrected chi connectivity index (χ2v) is 5.92. The summed E-state index contributed by atoms with van der Waals surface area (Å²) in [4.78, 5) is 11.7. The summed E-state index contributed by atoms with van der Waals surface area (Å²) in [5, 5.41) is 11.7. The molecule has 1 rings (SSSR count). The van der Waals surface area contributed by atoms with Crippen LogP contribution in [0.1, 0.15) is 52.9 Å². The van der Waals surface area contributed by atoms with Crippen LogP contribution >= 0.6 is 0 Å². The summed E-state index contributed by atoms with van der Waals surface area (Å²) in [5.41, 5.74) is -0.903. The molecule has 17 heavy (non-hydrogen) atoms. The van der Waals surface area contributed by atoms with Gasteiger partial charge in [0.1, 0.15) is 5.41 Å². The fraction of sp³-hybridized carbons (Fsp3) is 0.857. The molecule has 0 aromatic heterocycles. The van der Waals surface area contributed by atoms with Crippen LogP contribution in [0.2, 0.25) is 0 Å². The summed E-state index contributed by atoms with van der Waals surface area (Å²) >= 11 is 0. The van der Waals surface area contributed by atoms with E-state index in [0.717, 1.165) is 18.3 Å². The number of carbonyl (C=O) groups is 1. The Balaban J connectivity index is 2.24. The van der Waals surface area contributed by atoms with Crippen molar-refractivity contribution in [1.82, 2.24) is 5.32 Å². The van der Waals surface area contributed by atoms with E-state index in [0.29, 0.717) is 6.54 Å². The molecule has 0 spiro atoms. The Labute approximate surface area is 105 Å². The Bertz CT molecular complexity index is 304. The SMILES string of the molecule is CC1CCCC(CCNC(=O)C(C)(C)C#N)C1. The van der Waals surface area contributed by atoms with Gasteiger partial charge in [0.05, 0.1) is 6.07 Å². The molecule has 96 valence electrons. The van der Waals surface area contributed by atoms with Crippen molar-refractivity contribution in [3.8, 4) is 6.07 Å². The largest absolute Gasteiger partial charge is 0.355 e. The predicted molar refractivity (Wildman–Crippen MR) is 68.1 cm³/mol. The van der Waals surface area contributed by atoms with E-state index in [1.54, 1.807) is 13.8 Å². The Hall–Kier alpha value is -1.04. The van der Waals surface area contributed by atoms with E-state index in [2.05, 4.69) is 12.2 Å². The number of nitrogens with zero attached hydrogens (tertiary/aromatic N) is 1. The van der Waals surface area contributed by atoms with E-state index >= 15 is 0 Å². The average Bonchev–Trinajstić information content (AvgIpc) is 2.29. The molecule has 3 heteroatoms. The number of carbonyl (C=O) groups excluding carboxylic acids is 1. The summed E-state index contributed by atoms with van der Waals surface area (Å²) in [6.07, 6.45) is 6.31. The van der Waals surface area contributed by atoms with Crippen LogP contribution in [0.3, 0.4) is 0 Å². The van der Waals surface area contributed by atoms with Crippen LogP contribution < -0.4 is 5.32 Å². The monoisotopic (exact) mass is 236 g/mol. The summed E-state index contributed by atoms with van der Waals surface area (Å²) in [6.45, 7) is 6.33. The first-order chi connectivity index (χ1) is 7.95. The smallest absolute Gasteiger partial charge is 0.239 e. The van der Waals surface area contributed by atoms with Gasteiger partial charge < -0.3 is 5.32 Å². The van der Waals surface area contributed by atoms with E-state index in [1.807, 2.05) is 6.07 Å². The minimum Gasteiger partial charge on any atom is -0.355 e. The Morgan fingerprint density at radius 2 is 2.18 bits per heavy atom. The van der Waals surface area contributed by atoms with Gasteiger partial charge in [0, 0.05) is 6.54 Å². The predicted octanol–water partition coefficient (Wildman–Crippen LogP) is 2.87. The minimum absolute atomic E-state index is 0.149. The van der Waals surface area contributed by atoms with E-state index in [-0.39, 0.29) is 5.91 Å². The number of rotatable bonds is 4. The van der Waals surface area contributed by atoms with Crippen molar-refractivity contribution in [1.29, 1.82) is 5.26 Å². The minimum atomic E-state index is -0.903. The molecule has 0 saturated heterocycles. The zero-order valence-corrected chi connectivity index (χ0v) is 11.3. The zero-order valence-electron chi connectivity index (χ0n) is 11.3. The standard InChI is InChI=1S/C14H24N2O/c1-11-5-4-6-12(9-11)7-8-16-13(17)14(2,3)10-15/h11-12H,4-9H2,1-3H3,(H,16,17). The number of nitriles is 1. The molecule has 0 aromatic carbocycles. The molecule has 0 radical (unpaired) electrons. The maximum atomic E-state index is 11.7. The molecule has 2 unspecified atom stereocenters. The Morgan fingerprint density at radius 3 is 2.76 bits per heavy atom. The molecule has 1 saturated carbocycles. The molecule has 1 fully saturated rings. The highest BCUT2D eigenvalue weighted by atomic mass is 16.2. The molecular formula is C14H24N2O. The first-order valence-electron chi connectivity index (χ1n) is 6.65. The van der Waals surface area contributed by atoms with Crippen LogP contribution in [0, 0.1) is 28.6 Å². The lowest BCUT2D eigenvalue weighted by molar-refractivity contribution is -0.126. The maximum Gasteiger partial charge on any atom is 0.239 e. The summed E-state index contributed by atoms with van der Waals surface area (Å²) in [7, 11) is 0. The van der Waals surface area contributed by atoms with Gasteiger partial charge in [-0.2, -0.15) is 5.26 Å². The van der Waals surface area contributed by atoms with Crippen LogP contribution in [0.15, 0.2) is 0 Å². The van der Waals surface area contributed by atoms with Gasteiger partial charge in [-0.05, 0) is 38.5 Å². The van der Waals surface area contributed by atoms with Gasteiger partial charge in [-0.15, -0.1) is 0 Å². The van der Waals surface area contributed by atoms with E-state index in [1.165, 1.54) is 25.7 Å². The second kappa shape index (κ2) is 6.05. The molecule has 2 atom stereocenters. The van der Waals surface area contributed by atoms with E-state index in [4.69, 9.17) is 5.26 Å². The fourth-order valence-corrected chi connectivity index (χ4v) is 2.48. The summed E-state index contributed by atoms with van der Waals surface area (Å²) < 4.78 is 0. The molecule has 1 aliphatic rings. The van der Waals surface area contributed by atoms with Crippen molar-refractivity contribution in [2.75, 3.05) is 6.54 Å². The molecule has 1 aliphatic carbocycles. The lowest BCUT2D eigenvalue weighted by Gasteiger charge is -2.27. The van der Waals surface area contributed by atoms with Crippen LogP contribution in [-0.4, -0.2) is 12.5 Å². The van der Waals surface area contributed by atoms with Crippen molar-refractivity contribution >= 4 is 5.91 Å². The molecule has 0 aliphatic heterocycles. The van der Waals surface area contributed by atoms with Gasteiger partial charge in [0.15, 0.2) is 0 Å². The third-order valence-corrected chi connectivity index (χ3v) is 3.73. The number of hydrogen-bond donors (Lipinski definition) is 1. The third kappa shape index (κ3) is 4.38. The van der Waals surface area contributed by atoms with Crippen LogP contribution in [0.4, 0.5) is 0 Å². The van der Waals surface area contributed by atoms with E-state index in [9.17, 15) is 4.79 Å². The first-order valence-corrected chi connectivity index (χ1v) is 6.65. The van der Waals surface area contributed by atoms with Gasteiger partial charge in [-0.25, -0.2) is 0 Å². The zero-order chi connectivity index (χ0) is 12.9. The third-order valence-electron chi connectivity index (χ3n) is 3.73. The first kappa shape index (κ1) is 14.0. The van der Waals surface area contributed by atoms with Crippen LogP contribution in [0.5, 0.6) is 0 Å². The van der Waals surface area contributed by atoms with Crippen LogP contribution in [0.25, 0.3) is 0 Å². The second-order valence-electron chi connectivity index (χ2n) is 5.92. The van der Waals surface area contributed by atoms with Crippen molar-refractivity contribution in [3.63, 3.8) is 0 Å². The fourth-order valence-electron chi connectivity index (χ4n) is 2.48. The average molecular weight is 236 g/mol. The molecule has 0 bridgehead atoms. The van der Waals surface area contributed by atoms with Crippen molar-refractivity contribution < 1.29 is 4.79 Å². The van der Waals surface area contributed by atoms with Crippen LogP contribution in [-0.2, 0) is 4.79 Å². The van der Waals surface area contributed by atoms with Gasteiger partial charge in [0.2, 0.25) is 5.91 Å². The van der Waals surface area contributed by atoms with Gasteiger partial charge in [-0.1, -0.05) is 26.2 Å². The Kier molecular flexibility index (Phi) is 4.99. The van der Waals surface area contributed by atoms with Crippen molar-refractivity contribution in [2.45, 2.75) is 52.9 Å².